The second-order valence-electron chi connectivity index (χ2n) is 32.4. The molecule has 760 valence electrons. The number of carbonyl (C=O) groups excluding carboxylic acids is 10. The first-order chi connectivity index (χ1) is 65.9. The van der Waals surface area contributed by atoms with E-state index in [2.05, 4.69) is 37.2 Å². The molecule has 0 saturated carbocycles. The van der Waals surface area contributed by atoms with Gasteiger partial charge in [0.2, 0.25) is 41.4 Å². The Labute approximate surface area is 790 Å². The number of halogens is 1. The molecule has 0 radical (unpaired) electrons. The SMILES string of the molecule is CC[C@@]1(O)C(=O)OCc2c1cc1n(c2=O)Cc2c-1nc1cc(F)c(C)c3c1c2[C@@H](NC(=O)OCc1ccc(NC(=O)C(CCCNC(N)=O)NC(=O)[C@@H](NC(=O)[C@H](CCNC(=O)CCOCCOCCOCCOCCOCCOCCOCCOCCOCCOCCOCCOCCOCCOCCOCCOCCOCCOC)NC(=O)CN2C(=O)CC(C)C2=O)C(C)C)cc1)CC3. The standard InChI is InChI=1S/C92H138FN11O32/c1-7-92(116)70-56-76-83-68(58-103(76)88(112)69(70)61-135-89(92)113)81-72(15-14-67-64(5)71(93)57-75(99-83)80(67)81)101-91(115)136-60-65-10-12-66(13-11-65)97-84(108)73(9-8-18-96-90(94)114)100-86(110)82(62(2)3)102-85(109)74(98-78(106)59-104-79(107)55-63(4)87(104)111)16-19-95-77(105)17-20-118-23-24-120-27-28-122-31-32-124-35-36-126-39-40-128-43-44-130-47-48-132-51-52-134-54-53-133-50-49-131-46-45-129-42-41-127-38-37-125-34-33-123-30-29-121-26-25-119-22-21-117-6/h10-13,56-57,62-63,72-74,82,116H,7-9,14-55,58-61H2,1-6H3,(H,95,105)(H,97,108)(H,98,106)(H,100,110)(H,101,115)(H,102,109)(H3,94,96,114)/t63?,72-,73?,74-,82-,92-/m0/s1. The van der Waals surface area contributed by atoms with Crippen molar-refractivity contribution in [2.75, 3.05) is 263 Å². The van der Waals surface area contributed by atoms with Gasteiger partial charge in [-0.1, -0.05) is 39.8 Å². The lowest BCUT2D eigenvalue weighted by Gasteiger charge is -2.31. The second kappa shape index (κ2) is 63.1. The Hall–Kier alpha value is -9.53. The number of fused-ring (bicyclic) bond motifs is 5. The fourth-order valence-corrected chi connectivity index (χ4v) is 14.8. The molecule has 2 aromatic carbocycles. The Bertz CT molecular complexity index is 4440. The number of nitrogens with one attached hydrogen (secondary N) is 7. The molecule has 10 amide bonds. The first-order valence-corrected chi connectivity index (χ1v) is 46.4. The summed E-state index contributed by atoms with van der Waals surface area (Å²) in [7, 11) is 1.63. The van der Waals surface area contributed by atoms with E-state index < -0.39 is 119 Å². The molecule has 1 aliphatic carbocycles. The molecule has 3 aliphatic heterocycles. The molecule has 0 bridgehead atoms. The number of amides is 10. The first kappa shape index (κ1) is 112. The van der Waals surface area contributed by atoms with Crippen LogP contribution in [0.25, 0.3) is 22.3 Å². The number of hydrogen-bond acceptors (Lipinski definition) is 33. The maximum Gasteiger partial charge on any atom is 0.407 e. The molecule has 136 heavy (non-hydrogen) atoms. The average Bonchev–Trinajstić information content (AvgIpc) is 1.51. The quantitative estimate of drug-likeness (QED) is 0.0153. The zero-order valence-electron chi connectivity index (χ0n) is 79.0. The van der Waals surface area contributed by atoms with Crippen LogP contribution in [0.5, 0.6) is 0 Å². The smallest absolute Gasteiger partial charge is 0.407 e. The third kappa shape index (κ3) is 38.3. The summed E-state index contributed by atoms with van der Waals surface area (Å²) in [4.78, 5) is 153. The van der Waals surface area contributed by atoms with E-state index in [0.717, 1.165) is 4.90 Å². The lowest BCUT2D eigenvalue weighted by molar-refractivity contribution is -0.172. The minimum absolute atomic E-state index is 0.0192. The van der Waals surface area contributed by atoms with Crippen LogP contribution in [0.3, 0.4) is 0 Å². The van der Waals surface area contributed by atoms with Gasteiger partial charge in [0.15, 0.2) is 5.60 Å². The van der Waals surface area contributed by atoms with E-state index in [0.29, 0.717) is 262 Å². The summed E-state index contributed by atoms with van der Waals surface area (Å²) in [6.45, 7) is 21.3. The number of likely N-dealkylation sites (tertiary alicyclic amines) is 1. The van der Waals surface area contributed by atoms with Crippen molar-refractivity contribution >= 4 is 76.0 Å². The van der Waals surface area contributed by atoms with Crippen molar-refractivity contribution in [2.24, 2.45) is 17.6 Å². The predicted molar refractivity (Wildman–Crippen MR) is 485 cm³/mol. The number of methoxy groups -OCH3 is 1. The van der Waals surface area contributed by atoms with Crippen LogP contribution >= 0.6 is 0 Å². The molecule has 4 aliphatic rings. The Balaban J connectivity index is 0.635. The maximum absolute atomic E-state index is 15.6. The summed E-state index contributed by atoms with van der Waals surface area (Å²) < 4.78 is 127. The number of rotatable bonds is 75. The molecule has 6 atom stereocenters. The Kier molecular flexibility index (Phi) is 51.9. The monoisotopic (exact) mass is 1930 g/mol. The molecule has 4 aromatic rings. The van der Waals surface area contributed by atoms with Crippen LogP contribution in [-0.4, -0.2) is 355 Å². The molecular formula is C92H138FN11O32. The van der Waals surface area contributed by atoms with E-state index >= 15 is 4.39 Å². The third-order valence-corrected chi connectivity index (χ3v) is 22.1. The van der Waals surface area contributed by atoms with E-state index in [9.17, 15) is 57.8 Å². The highest BCUT2D eigenvalue weighted by Gasteiger charge is 2.47. The van der Waals surface area contributed by atoms with Crippen molar-refractivity contribution in [1.29, 1.82) is 0 Å². The molecule has 2 aromatic heterocycles. The number of alkyl carbamates (subject to hydrolysis) is 1. The largest absolute Gasteiger partial charge is 0.458 e. The van der Waals surface area contributed by atoms with Crippen molar-refractivity contribution in [3.63, 3.8) is 0 Å². The number of benzene rings is 2. The molecule has 2 unspecified atom stereocenters. The van der Waals surface area contributed by atoms with Crippen LogP contribution in [0.1, 0.15) is 118 Å². The summed E-state index contributed by atoms with van der Waals surface area (Å²) in [5, 5.41) is 30.9. The van der Waals surface area contributed by atoms with Crippen LogP contribution in [0.15, 0.2) is 41.2 Å². The number of nitrogens with two attached hydrogens (primary N) is 1. The number of pyridine rings is 2. The zero-order valence-corrected chi connectivity index (χ0v) is 79.0. The first-order valence-electron chi connectivity index (χ1n) is 46.4. The number of anilines is 1. The van der Waals surface area contributed by atoms with Gasteiger partial charge in [-0.2, -0.15) is 0 Å². The van der Waals surface area contributed by atoms with Crippen molar-refractivity contribution in [1.82, 2.24) is 46.4 Å². The summed E-state index contributed by atoms with van der Waals surface area (Å²) in [6.07, 6.45) is -0.483. The summed E-state index contributed by atoms with van der Waals surface area (Å²) in [5.41, 5.74) is 7.01. The fourth-order valence-electron chi connectivity index (χ4n) is 14.8. The maximum atomic E-state index is 15.6. The highest BCUT2D eigenvalue weighted by Crippen LogP contribution is 2.46. The number of ether oxygens (including phenoxy) is 20. The Morgan fingerprint density at radius 3 is 1.51 bits per heavy atom. The Morgan fingerprint density at radius 1 is 0.581 bits per heavy atom. The van der Waals surface area contributed by atoms with Crippen LogP contribution < -0.4 is 48.5 Å². The number of nitrogens with zero attached hydrogens (tertiary/aromatic N) is 3. The zero-order chi connectivity index (χ0) is 97.7. The number of primary amides is 1. The molecular weight excluding hydrogens is 1790 g/mol. The van der Waals surface area contributed by atoms with Gasteiger partial charge in [0.05, 0.1) is 266 Å². The highest BCUT2D eigenvalue weighted by atomic mass is 19.1. The normalized spacial score (nSPS) is 16.1. The van der Waals surface area contributed by atoms with E-state index in [-0.39, 0.29) is 120 Å². The number of aryl methyl sites for hydroxylation is 1. The number of carbonyl (C=O) groups is 10. The number of imide groups is 1. The molecule has 8 rings (SSSR count). The topological polar surface area (TPSA) is 524 Å². The van der Waals surface area contributed by atoms with Gasteiger partial charge in [0.25, 0.3) is 5.56 Å². The number of urea groups is 1. The van der Waals surface area contributed by atoms with Crippen molar-refractivity contribution in [3.05, 3.63) is 91.5 Å². The van der Waals surface area contributed by atoms with Gasteiger partial charge >= 0.3 is 18.1 Å². The molecule has 1 fully saturated rings. The third-order valence-electron chi connectivity index (χ3n) is 22.1. The van der Waals surface area contributed by atoms with E-state index in [1.165, 1.54) is 22.8 Å². The average molecular weight is 1930 g/mol. The van der Waals surface area contributed by atoms with Crippen molar-refractivity contribution < 1.29 is 152 Å². The molecule has 10 N–H and O–H groups in total. The van der Waals surface area contributed by atoms with E-state index in [4.69, 9.17) is 105 Å². The minimum Gasteiger partial charge on any atom is -0.458 e. The summed E-state index contributed by atoms with van der Waals surface area (Å²) in [6, 6.07) is 3.55. The van der Waals surface area contributed by atoms with Crippen LogP contribution in [-0.2, 0) is 165 Å². The van der Waals surface area contributed by atoms with Gasteiger partial charge in [0.1, 0.15) is 43.7 Å². The number of cyclic esters (lactones) is 1. The Morgan fingerprint density at radius 2 is 1.06 bits per heavy atom. The number of esters is 1. The second-order valence-corrected chi connectivity index (χ2v) is 32.4. The number of hydrogen-bond donors (Lipinski definition) is 9. The van der Waals surface area contributed by atoms with Crippen LogP contribution in [0.4, 0.5) is 19.7 Å². The van der Waals surface area contributed by atoms with Gasteiger partial charge in [0, 0.05) is 67.2 Å². The van der Waals surface area contributed by atoms with Crippen LogP contribution in [0.2, 0.25) is 0 Å². The van der Waals surface area contributed by atoms with E-state index in [1.807, 2.05) is 0 Å². The molecule has 1 saturated heterocycles. The number of aromatic nitrogens is 2. The summed E-state index contributed by atoms with van der Waals surface area (Å²) >= 11 is 0. The minimum atomic E-state index is -2.08. The molecule has 5 heterocycles. The van der Waals surface area contributed by atoms with Crippen molar-refractivity contribution in [2.45, 2.75) is 136 Å². The predicted octanol–water partition coefficient (Wildman–Crippen LogP) is 2.16. The van der Waals surface area contributed by atoms with Gasteiger partial charge in [-0.05, 0) is 91.8 Å². The number of aliphatic hydroxyl groups is 1. The summed E-state index contributed by atoms with van der Waals surface area (Å²) in [5.74, 6) is -7.52. The van der Waals surface area contributed by atoms with Gasteiger partial charge in [-0.25, -0.2) is 23.8 Å². The lowest BCUT2D eigenvalue weighted by Crippen LogP contribution is -2.58. The lowest BCUT2D eigenvalue weighted by atomic mass is 9.81. The van der Waals surface area contributed by atoms with Gasteiger partial charge in [-0.3, -0.25) is 43.3 Å². The molecule has 44 heteroatoms. The molecule has 43 nitrogen and oxygen atoms in total. The fraction of sp³-hybridized carbons (Fsp3) is 0.674. The van der Waals surface area contributed by atoms with E-state index in [1.54, 1.807) is 59.9 Å². The molecule has 0 spiro atoms. The van der Waals surface area contributed by atoms with Crippen molar-refractivity contribution in [3.8, 4) is 11.4 Å². The van der Waals surface area contributed by atoms with Crippen LogP contribution in [0, 0.1) is 24.6 Å². The highest BCUT2D eigenvalue weighted by molar-refractivity contribution is 6.06. The van der Waals surface area contributed by atoms with Gasteiger partial charge < -0.3 is 147 Å². The van der Waals surface area contributed by atoms with Gasteiger partial charge in [-0.15, -0.1) is 0 Å².